The molecular formula is C31H20N2S. The second kappa shape index (κ2) is 7.45. The minimum Gasteiger partial charge on any atom is -0.309 e. The molecule has 34 heavy (non-hydrogen) atoms. The Hall–Kier alpha value is -4.13. The van der Waals surface area contributed by atoms with Gasteiger partial charge in [0.15, 0.2) is 0 Å². The lowest BCUT2D eigenvalue weighted by Crippen LogP contribution is -2.03. The molecule has 7 rings (SSSR count). The van der Waals surface area contributed by atoms with Crippen molar-refractivity contribution in [2.24, 2.45) is 0 Å². The molecule has 2 aromatic heterocycles. The van der Waals surface area contributed by atoms with E-state index in [9.17, 15) is 5.26 Å². The van der Waals surface area contributed by atoms with E-state index in [-0.39, 0.29) is 0 Å². The summed E-state index contributed by atoms with van der Waals surface area (Å²) < 4.78 is 3.71. The molecule has 2 nitrogen and oxygen atoms in total. The van der Waals surface area contributed by atoms with Crippen LogP contribution in [0.25, 0.3) is 49.2 Å². The van der Waals surface area contributed by atoms with Crippen molar-refractivity contribution in [3.05, 3.63) is 113 Å². The Morgan fingerprint density at radius 3 is 2.15 bits per heavy atom. The highest BCUT2D eigenvalue weighted by molar-refractivity contribution is 7.19. The van der Waals surface area contributed by atoms with Gasteiger partial charge in [0.05, 0.1) is 28.4 Å². The number of hydrogen-bond donors (Lipinski definition) is 0. The molecule has 0 spiro atoms. The van der Waals surface area contributed by atoms with Crippen LogP contribution < -0.4 is 0 Å². The van der Waals surface area contributed by atoms with Gasteiger partial charge in [-0.15, -0.1) is 11.3 Å². The first-order valence-corrected chi connectivity index (χ1v) is 12.4. The number of thiophene rings is 1. The first-order chi connectivity index (χ1) is 16.8. The van der Waals surface area contributed by atoms with Crippen LogP contribution >= 0.6 is 11.3 Å². The van der Waals surface area contributed by atoms with Crippen LogP contribution in [-0.2, 0) is 6.42 Å². The third kappa shape index (κ3) is 2.79. The molecule has 0 saturated carbocycles. The molecule has 0 atom stereocenters. The minimum atomic E-state index is 0.696. The van der Waals surface area contributed by atoms with E-state index in [0.717, 1.165) is 24.1 Å². The van der Waals surface area contributed by atoms with Crippen LogP contribution in [0.1, 0.15) is 28.0 Å². The fourth-order valence-electron chi connectivity index (χ4n) is 5.41. The number of aromatic nitrogens is 1. The molecule has 0 fully saturated rings. The third-order valence-electron chi connectivity index (χ3n) is 6.94. The number of fused-ring (bicyclic) bond motifs is 6. The summed E-state index contributed by atoms with van der Waals surface area (Å²) in [7, 11) is 0. The van der Waals surface area contributed by atoms with Crippen molar-refractivity contribution in [2.75, 3.05) is 0 Å². The van der Waals surface area contributed by atoms with Gasteiger partial charge in [0.25, 0.3) is 0 Å². The number of benzene rings is 4. The SMILES string of the molecule is N#Cc1ccc(-n2c3ccccc3c3ccccc32)c(C2=Cc3c(sc4ccccc34)CC2)c1. The summed E-state index contributed by atoms with van der Waals surface area (Å²) in [5.41, 5.74) is 7.99. The van der Waals surface area contributed by atoms with Crippen LogP contribution in [0.4, 0.5) is 0 Å². The zero-order valence-corrected chi connectivity index (χ0v) is 19.3. The zero-order chi connectivity index (χ0) is 22.6. The standard InChI is InChI=1S/C31H20N2S/c32-19-20-13-15-29(33-27-10-4-1-7-22(27)23-8-2-5-11-28(23)33)25(17-20)21-14-16-31-26(18-21)24-9-3-6-12-30(24)34-31/h1-13,15,17-18H,14,16H2. The van der Waals surface area contributed by atoms with Crippen LogP contribution in [0.5, 0.6) is 0 Å². The molecule has 6 aromatic rings. The molecule has 0 N–H and O–H groups in total. The zero-order valence-electron chi connectivity index (χ0n) is 18.5. The number of aryl methyl sites for hydroxylation is 1. The molecule has 1 aliphatic carbocycles. The van der Waals surface area contributed by atoms with Gasteiger partial charge >= 0.3 is 0 Å². The molecule has 160 valence electrons. The summed E-state index contributed by atoms with van der Waals surface area (Å²) in [5.74, 6) is 0. The maximum atomic E-state index is 9.72. The minimum absolute atomic E-state index is 0.696. The highest BCUT2D eigenvalue weighted by Gasteiger charge is 2.21. The van der Waals surface area contributed by atoms with Gasteiger partial charge in [-0.2, -0.15) is 5.26 Å². The molecule has 0 unspecified atom stereocenters. The lowest BCUT2D eigenvalue weighted by molar-refractivity contribution is 1.02. The molecule has 0 saturated heterocycles. The van der Waals surface area contributed by atoms with E-state index in [1.807, 2.05) is 17.4 Å². The smallest absolute Gasteiger partial charge is 0.0991 e. The van der Waals surface area contributed by atoms with Crippen LogP contribution in [0.15, 0.2) is 91.0 Å². The van der Waals surface area contributed by atoms with Crippen molar-refractivity contribution in [3.8, 4) is 11.8 Å². The quantitative estimate of drug-likeness (QED) is 0.259. The molecule has 2 heterocycles. The number of allylic oxidation sites excluding steroid dienone is 1. The van der Waals surface area contributed by atoms with E-state index >= 15 is 0 Å². The van der Waals surface area contributed by atoms with Crippen molar-refractivity contribution < 1.29 is 0 Å². The third-order valence-corrected chi connectivity index (χ3v) is 8.19. The molecule has 3 heteroatoms. The second-order valence-corrected chi connectivity index (χ2v) is 9.95. The molecular weight excluding hydrogens is 432 g/mol. The van der Waals surface area contributed by atoms with Gasteiger partial charge < -0.3 is 4.57 Å². The highest BCUT2D eigenvalue weighted by Crippen LogP contribution is 2.42. The second-order valence-electron chi connectivity index (χ2n) is 8.82. The Balaban J connectivity index is 1.53. The lowest BCUT2D eigenvalue weighted by Gasteiger charge is -2.19. The highest BCUT2D eigenvalue weighted by atomic mass is 32.1. The number of rotatable bonds is 2. The van der Waals surface area contributed by atoms with Gasteiger partial charge in [-0.25, -0.2) is 0 Å². The molecule has 0 amide bonds. The van der Waals surface area contributed by atoms with E-state index in [0.29, 0.717) is 5.56 Å². The van der Waals surface area contributed by atoms with Crippen LogP contribution in [0.2, 0.25) is 0 Å². The van der Waals surface area contributed by atoms with Gasteiger partial charge in [-0.05, 0) is 71.8 Å². The maximum Gasteiger partial charge on any atom is 0.0991 e. The first-order valence-electron chi connectivity index (χ1n) is 11.6. The summed E-state index contributed by atoms with van der Waals surface area (Å²) >= 11 is 1.91. The van der Waals surface area contributed by atoms with E-state index < -0.39 is 0 Å². The van der Waals surface area contributed by atoms with E-state index in [4.69, 9.17) is 0 Å². The Kier molecular flexibility index (Phi) is 4.24. The summed E-state index contributed by atoms with van der Waals surface area (Å²) in [4.78, 5) is 1.46. The number of para-hydroxylation sites is 2. The largest absolute Gasteiger partial charge is 0.309 e. The van der Waals surface area contributed by atoms with E-state index in [1.54, 1.807) is 0 Å². The maximum absolute atomic E-state index is 9.72. The molecule has 1 aliphatic rings. The van der Waals surface area contributed by atoms with Gasteiger partial charge in [-0.3, -0.25) is 0 Å². The van der Waals surface area contributed by atoms with Crippen LogP contribution in [0.3, 0.4) is 0 Å². The predicted molar refractivity (Wildman–Crippen MR) is 144 cm³/mol. The summed E-state index contributed by atoms with van der Waals surface area (Å²) in [6, 6.07) is 34.4. The predicted octanol–water partition coefficient (Wildman–Crippen LogP) is 8.36. The number of nitrogens with zero attached hydrogens (tertiary/aromatic N) is 2. The topological polar surface area (TPSA) is 28.7 Å². The fourth-order valence-corrected chi connectivity index (χ4v) is 6.59. The summed E-state index contributed by atoms with van der Waals surface area (Å²) in [6.07, 6.45) is 4.37. The number of nitriles is 1. The van der Waals surface area contributed by atoms with Crippen molar-refractivity contribution in [2.45, 2.75) is 12.8 Å². The fraction of sp³-hybridized carbons (Fsp3) is 0.0645. The van der Waals surface area contributed by atoms with Gasteiger partial charge in [-0.1, -0.05) is 54.6 Å². The van der Waals surface area contributed by atoms with E-state index in [2.05, 4.69) is 102 Å². The normalized spacial score (nSPS) is 13.2. The Labute approximate surface area is 201 Å². The number of hydrogen-bond acceptors (Lipinski definition) is 2. The molecule has 0 aliphatic heterocycles. The monoisotopic (exact) mass is 452 g/mol. The summed E-state index contributed by atoms with van der Waals surface area (Å²) in [6.45, 7) is 0. The van der Waals surface area contributed by atoms with Gasteiger partial charge in [0.1, 0.15) is 0 Å². The lowest BCUT2D eigenvalue weighted by atomic mass is 9.90. The van der Waals surface area contributed by atoms with Crippen molar-refractivity contribution >= 4 is 54.9 Å². The molecule has 0 radical (unpaired) electrons. The summed E-state index contributed by atoms with van der Waals surface area (Å²) in [5, 5.41) is 13.5. The first kappa shape index (κ1) is 19.3. The van der Waals surface area contributed by atoms with Crippen molar-refractivity contribution in [1.29, 1.82) is 5.26 Å². The Morgan fingerprint density at radius 1 is 0.735 bits per heavy atom. The van der Waals surface area contributed by atoms with Crippen LogP contribution in [0, 0.1) is 11.3 Å². The average molecular weight is 453 g/mol. The van der Waals surface area contributed by atoms with Crippen LogP contribution in [-0.4, -0.2) is 4.57 Å². The van der Waals surface area contributed by atoms with Crippen molar-refractivity contribution in [1.82, 2.24) is 4.57 Å². The Bertz CT molecular complexity index is 1770. The molecule has 4 aromatic carbocycles. The van der Waals surface area contributed by atoms with Gasteiger partial charge in [0.2, 0.25) is 0 Å². The van der Waals surface area contributed by atoms with Gasteiger partial charge in [0, 0.05) is 25.9 Å². The molecule has 0 bridgehead atoms. The van der Waals surface area contributed by atoms with E-state index in [1.165, 1.54) is 47.9 Å². The average Bonchev–Trinajstić information content (AvgIpc) is 3.44. The Morgan fingerprint density at radius 2 is 1.41 bits per heavy atom. The van der Waals surface area contributed by atoms with Crippen molar-refractivity contribution in [3.63, 3.8) is 0 Å².